The third-order valence-corrected chi connectivity index (χ3v) is 4.23. The highest BCUT2D eigenvalue weighted by Crippen LogP contribution is 2.27. The second-order valence-electron chi connectivity index (χ2n) is 5.49. The van der Waals surface area contributed by atoms with Crippen molar-refractivity contribution in [3.63, 3.8) is 0 Å². The Morgan fingerprint density at radius 2 is 1.88 bits per heavy atom. The van der Waals surface area contributed by atoms with Crippen LogP contribution in [-0.4, -0.2) is 18.7 Å². The highest BCUT2D eigenvalue weighted by molar-refractivity contribution is 14.1. The molecule has 0 spiro atoms. The number of carbonyl (C=O) groups excluding carboxylic acids is 1. The molecule has 136 valence electrons. The second-order valence-corrected chi connectivity index (χ2v) is 6.65. The lowest BCUT2D eigenvalue weighted by Gasteiger charge is -2.19. The largest absolute Gasteiger partial charge is 0.541 e. The summed E-state index contributed by atoms with van der Waals surface area (Å²) in [6.07, 6.45) is 2.76. The Morgan fingerprint density at radius 3 is 2.50 bits per heavy atom. The molecule has 0 amide bonds. The number of aliphatic carboxylic acids is 1. The van der Waals surface area contributed by atoms with Gasteiger partial charge in [0.15, 0.2) is 5.97 Å². The van der Waals surface area contributed by atoms with Crippen LogP contribution in [0.15, 0.2) is 18.2 Å². The molecule has 0 aliphatic carbocycles. The van der Waals surface area contributed by atoms with Crippen molar-refractivity contribution in [2.24, 2.45) is 0 Å². The van der Waals surface area contributed by atoms with Crippen molar-refractivity contribution in [2.45, 2.75) is 58.2 Å². The number of carboxylic acids is 1. The average molecular weight is 455 g/mol. The van der Waals surface area contributed by atoms with E-state index in [4.69, 9.17) is 4.74 Å². The molecule has 0 aliphatic heterocycles. The van der Waals surface area contributed by atoms with E-state index in [1.54, 1.807) is 12.1 Å². The predicted molar refractivity (Wildman–Crippen MR) is 92.8 cm³/mol. The molecule has 7 heteroatoms. The molecule has 1 aromatic carbocycles. The lowest BCUT2D eigenvalue weighted by atomic mass is 10.1. The third kappa shape index (κ3) is 7.74. The Balaban J connectivity index is 2.36. The number of carbonyl (C=O) groups is 1. The summed E-state index contributed by atoms with van der Waals surface area (Å²) in [7, 11) is 0. The van der Waals surface area contributed by atoms with Crippen LogP contribution in [0.25, 0.3) is 0 Å². The number of hydrogen-bond donors (Lipinski definition) is 0. The summed E-state index contributed by atoms with van der Waals surface area (Å²) in [6, 6.07) is 4.51. The van der Waals surface area contributed by atoms with E-state index in [2.05, 4.69) is 11.7 Å². The molecule has 1 aromatic rings. The van der Waals surface area contributed by atoms with Crippen LogP contribution in [-0.2, 0) is 16.1 Å². The Labute approximate surface area is 154 Å². The van der Waals surface area contributed by atoms with Crippen molar-refractivity contribution in [1.82, 2.24) is 0 Å². The molecular formula is C17H22F2IO4-. The summed E-state index contributed by atoms with van der Waals surface area (Å²) in [5, 5.41) is 10.3. The number of unbranched alkanes of at least 4 members (excludes halogenated alkanes) is 5. The van der Waals surface area contributed by atoms with Gasteiger partial charge in [-0.25, -0.2) is 0 Å². The van der Waals surface area contributed by atoms with Gasteiger partial charge < -0.3 is 19.4 Å². The van der Waals surface area contributed by atoms with E-state index >= 15 is 0 Å². The molecule has 1 rings (SSSR count). The average Bonchev–Trinajstić information content (AvgIpc) is 2.52. The maximum Gasteiger partial charge on any atom is 0.441 e. The lowest BCUT2D eigenvalue weighted by molar-refractivity contribution is -0.350. The van der Waals surface area contributed by atoms with Gasteiger partial charge in [0.05, 0.1) is 10.2 Å². The van der Waals surface area contributed by atoms with Gasteiger partial charge in [-0.05, 0) is 46.7 Å². The molecule has 4 nitrogen and oxygen atoms in total. The van der Waals surface area contributed by atoms with Gasteiger partial charge in [-0.3, -0.25) is 0 Å². The SMILES string of the molecule is CCCCCCCCOCc1ccc(OC(F)(F)C(=O)[O-])c(I)c1. The summed E-state index contributed by atoms with van der Waals surface area (Å²) in [6.45, 7) is 3.21. The number of ether oxygens (including phenoxy) is 2. The van der Waals surface area contributed by atoms with E-state index < -0.39 is 12.1 Å². The monoisotopic (exact) mass is 455 g/mol. The molecule has 0 unspecified atom stereocenters. The van der Waals surface area contributed by atoms with E-state index in [-0.39, 0.29) is 5.75 Å². The Bertz CT molecular complexity index is 523. The van der Waals surface area contributed by atoms with E-state index in [1.165, 1.54) is 31.7 Å². The van der Waals surface area contributed by atoms with Crippen LogP contribution in [0.5, 0.6) is 5.75 Å². The van der Waals surface area contributed by atoms with Crippen molar-refractivity contribution in [1.29, 1.82) is 0 Å². The highest BCUT2D eigenvalue weighted by Gasteiger charge is 2.34. The van der Waals surface area contributed by atoms with E-state index in [0.29, 0.717) is 16.8 Å². The molecule has 0 N–H and O–H groups in total. The van der Waals surface area contributed by atoms with Crippen molar-refractivity contribution < 1.29 is 28.2 Å². The minimum atomic E-state index is -4.35. The molecular weight excluding hydrogens is 433 g/mol. The zero-order valence-corrected chi connectivity index (χ0v) is 15.8. The van der Waals surface area contributed by atoms with E-state index in [0.717, 1.165) is 18.4 Å². The summed E-state index contributed by atoms with van der Waals surface area (Å²) in [5.74, 6) is -2.77. The summed E-state index contributed by atoms with van der Waals surface area (Å²) >= 11 is 1.81. The first-order chi connectivity index (χ1) is 11.4. The van der Waals surface area contributed by atoms with E-state index in [1.807, 2.05) is 22.6 Å². The Hall–Kier alpha value is -0.960. The number of hydrogen-bond acceptors (Lipinski definition) is 4. The zero-order chi connectivity index (χ0) is 18.0. The minimum absolute atomic E-state index is 0.204. The van der Waals surface area contributed by atoms with Crippen LogP contribution >= 0.6 is 22.6 Å². The highest BCUT2D eigenvalue weighted by atomic mass is 127. The van der Waals surface area contributed by atoms with Gasteiger partial charge in [-0.2, -0.15) is 8.78 Å². The summed E-state index contributed by atoms with van der Waals surface area (Å²) in [5.41, 5.74) is 0.814. The summed E-state index contributed by atoms with van der Waals surface area (Å²) in [4.78, 5) is 10.3. The van der Waals surface area contributed by atoms with Crippen molar-refractivity contribution >= 4 is 28.6 Å². The second kappa shape index (κ2) is 10.8. The maximum atomic E-state index is 13.0. The quantitative estimate of drug-likeness (QED) is 0.355. The number of alkyl halides is 2. The number of rotatable bonds is 12. The van der Waals surface area contributed by atoms with Gasteiger partial charge >= 0.3 is 6.11 Å². The molecule has 24 heavy (non-hydrogen) atoms. The van der Waals surface area contributed by atoms with Gasteiger partial charge in [0.1, 0.15) is 5.75 Å². The Morgan fingerprint density at radius 1 is 1.21 bits per heavy atom. The van der Waals surface area contributed by atoms with Crippen LogP contribution in [0.4, 0.5) is 8.78 Å². The van der Waals surface area contributed by atoms with Gasteiger partial charge in [0.25, 0.3) is 0 Å². The van der Waals surface area contributed by atoms with Crippen molar-refractivity contribution in [2.75, 3.05) is 6.61 Å². The smallest absolute Gasteiger partial charge is 0.441 e. The molecule has 0 saturated heterocycles. The zero-order valence-electron chi connectivity index (χ0n) is 13.7. The number of benzene rings is 1. The first kappa shape index (κ1) is 21.1. The fraction of sp³-hybridized carbons (Fsp3) is 0.588. The van der Waals surface area contributed by atoms with Crippen LogP contribution in [0.1, 0.15) is 51.0 Å². The van der Waals surface area contributed by atoms with Gasteiger partial charge in [0, 0.05) is 6.61 Å². The molecule has 0 fully saturated rings. The van der Waals surface area contributed by atoms with Crippen LogP contribution < -0.4 is 9.84 Å². The third-order valence-electron chi connectivity index (χ3n) is 3.38. The first-order valence-electron chi connectivity index (χ1n) is 8.01. The van der Waals surface area contributed by atoms with Gasteiger partial charge in [-0.15, -0.1) is 0 Å². The van der Waals surface area contributed by atoms with Gasteiger partial charge in [-0.1, -0.05) is 45.1 Å². The minimum Gasteiger partial charge on any atom is -0.541 e. The standard InChI is InChI=1S/C17H23F2IO4/c1-2-3-4-5-6-7-10-23-12-13-8-9-15(14(20)11-13)24-17(18,19)16(21)22/h8-9,11H,2-7,10,12H2,1H3,(H,21,22)/p-1. The fourth-order valence-electron chi connectivity index (χ4n) is 2.07. The molecule has 0 aromatic heterocycles. The molecule has 0 saturated carbocycles. The molecule has 0 bridgehead atoms. The lowest BCUT2D eigenvalue weighted by Crippen LogP contribution is -2.45. The topological polar surface area (TPSA) is 58.6 Å². The van der Waals surface area contributed by atoms with E-state index in [9.17, 15) is 18.7 Å². The van der Waals surface area contributed by atoms with Crippen molar-refractivity contribution in [3.05, 3.63) is 27.3 Å². The number of halogens is 3. The normalized spacial score (nSPS) is 11.5. The molecule has 0 atom stereocenters. The predicted octanol–water partition coefficient (Wildman–Crippen LogP) is 3.89. The molecule has 0 radical (unpaired) electrons. The maximum absolute atomic E-state index is 13.0. The van der Waals surface area contributed by atoms with Crippen molar-refractivity contribution in [3.8, 4) is 5.75 Å². The molecule has 0 heterocycles. The summed E-state index contributed by atoms with van der Waals surface area (Å²) < 4.78 is 36.1. The Kier molecular flexibility index (Phi) is 9.50. The van der Waals surface area contributed by atoms with Crippen LogP contribution in [0.3, 0.4) is 0 Å². The van der Waals surface area contributed by atoms with Crippen LogP contribution in [0.2, 0.25) is 0 Å². The molecule has 0 aliphatic rings. The fourth-order valence-corrected chi connectivity index (χ4v) is 2.76. The first-order valence-corrected chi connectivity index (χ1v) is 9.09. The number of carboxylic acid groups (broad SMARTS) is 1. The van der Waals surface area contributed by atoms with Gasteiger partial charge in [0.2, 0.25) is 0 Å². The van der Waals surface area contributed by atoms with Crippen LogP contribution in [0, 0.1) is 3.57 Å².